The third-order valence-electron chi connectivity index (χ3n) is 12.4. The van der Waals surface area contributed by atoms with Gasteiger partial charge in [-0.05, 0) is 51.5 Å². The number of aliphatic hydroxyl groups excluding tert-OH is 13. The highest BCUT2D eigenvalue weighted by Crippen LogP contribution is 2.43. The second-order valence-electron chi connectivity index (χ2n) is 17.4. The molecular weight excluding hydrogens is 928 g/mol. The number of aliphatic hydroxyl groups is 13. The summed E-state index contributed by atoms with van der Waals surface area (Å²) in [6.07, 6.45) is -34.3. The summed E-state index contributed by atoms with van der Waals surface area (Å²) in [5.41, 5.74) is -0.652. The van der Waals surface area contributed by atoms with Crippen molar-refractivity contribution in [3.63, 3.8) is 0 Å². The first-order valence-corrected chi connectivity index (χ1v) is 21.9. The third-order valence-corrected chi connectivity index (χ3v) is 12.4. The van der Waals surface area contributed by atoms with Crippen molar-refractivity contribution in [3.8, 4) is 34.3 Å². The number of phenols is 2. The quantitative estimate of drug-likeness (QED) is 0.0676. The van der Waals surface area contributed by atoms with Gasteiger partial charge in [0.15, 0.2) is 30.5 Å². The van der Waals surface area contributed by atoms with E-state index in [1.807, 2.05) is 0 Å². The fourth-order valence-corrected chi connectivity index (χ4v) is 8.32. The number of rotatable bonds is 14. The number of phenolic OH excluding ortho intramolecular Hbond substituents is 2. The van der Waals surface area contributed by atoms with Crippen molar-refractivity contribution < 1.29 is 119 Å². The van der Waals surface area contributed by atoms with Gasteiger partial charge in [-0.25, -0.2) is 0 Å². The van der Waals surface area contributed by atoms with Crippen LogP contribution in [0.25, 0.3) is 22.3 Å². The van der Waals surface area contributed by atoms with Gasteiger partial charge in [0, 0.05) is 17.2 Å². The molecule has 0 spiro atoms. The van der Waals surface area contributed by atoms with E-state index < -0.39 is 171 Å². The summed E-state index contributed by atoms with van der Waals surface area (Å²) in [4.78, 5) is 14.9. The fourth-order valence-electron chi connectivity index (χ4n) is 8.32. The molecule has 20 atom stereocenters. The number of benzene rings is 2. The number of aromatic hydroxyl groups is 2. The van der Waals surface area contributed by atoms with Crippen LogP contribution in [-0.4, -0.2) is 219 Å². The fraction of sp³-hybridized carbons (Fsp3) is 0.614. The van der Waals surface area contributed by atoms with Crippen LogP contribution in [0.15, 0.2) is 51.2 Å². The number of hydrogen-bond donors (Lipinski definition) is 15. The van der Waals surface area contributed by atoms with E-state index >= 15 is 0 Å². The monoisotopic (exact) mass is 986 g/mol. The van der Waals surface area contributed by atoms with E-state index in [-0.39, 0.29) is 34.6 Å². The second kappa shape index (κ2) is 21.7. The summed E-state index contributed by atoms with van der Waals surface area (Å²) in [6, 6.07) is 6.09. The van der Waals surface area contributed by atoms with Gasteiger partial charge < -0.3 is 119 Å². The zero-order chi connectivity index (χ0) is 50.3. The molecule has 0 aliphatic carbocycles. The minimum absolute atomic E-state index is 0.00828. The van der Waals surface area contributed by atoms with Crippen LogP contribution in [0.4, 0.5) is 0 Å². The van der Waals surface area contributed by atoms with Crippen LogP contribution in [0.1, 0.15) is 26.3 Å². The van der Waals surface area contributed by atoms with Crippen molar-refractivity contribution in [3.05, 3.63) is 57.8 Å². The van der Waals surface area contributed by atoms with Crippen molar-refractivity contribution in [2.45, 2.75) is 150 Å². The Balaban J connectivity index is 1.34. The maximum absolute atomic E-state index is 14.9. The zero-order valence-corrected chi connectivity index (χ0v) is 37.1. The van der Waals surface area contributed by atoms with Crippen LogP contribution < -0.4 is 14.9 Å². The summed E-state index contributed by atoms with van der Waals surface area (Å²) < 4.78 is 53.2. The molecule has 25 heteroatoms. The summed E-state index contributed by atoms with van der Waals surface area (Å²) in [7, 11) is 0. The molecule has 5 heterocycles. The highest BCUT2D eigenvalue weighted by Gasteiger charge is 2.53. The molecular formula is C44H58O25. The Hall–Kier alpha value is -4.17. The van der Waals surface area contributed by atoms with E-state index in [4.69, 9.17) is 42.3 Å². The molecule has 0 bridgehead atoms. The lowest BCUT2D eigenvalue weighted by Gasteiger charge is -2.45. The molecule has 0 saturated carbocycles. The molecule has 0 amide bonds. The lowest BCUT2D eigenvalue weighted by molar-refractivity contribution is -0.357. The Morgan fingerprint density at radius 1 is 0.609 bits per heavy atom. The van der Waals surface area contributed by atoms with Gasteiger partial charge in [-0.2, -0.15) is 0 Å². The van der Waals surface area contributed by atoms with Crippen LogP contribution in [0.2, 0.25) is 0 Å². The maximum Gasteiger partial charge on any atom is 0.239 e. The molecule has 0 radical (unpaired) electrons. The number of ether oxygens (including phenoxy) is 8. The van der Waals surface area contributed by atoms with Crippen molar-refractivity contribution in [2.75, 3.05) is 19.8 Å². The van der Waals surface area contributed by atoms with E-state index in [0.29, 0.717) is 0 Å². The maximum atomic E-state index is 14.9. The van der Waals surface area contributed by atoms with Gasteiger partial charge in [0.1, 0.15) is 108 Å². The summed E-state index contributed by atoms with van der Waals surface area (Å²) in [5, 5.41) is 158. The molecule has 0 unspecified atom stereocenters. The van der Waals surface area contributed by atoms with E-state index in [2.05, 4.69) is 0 Å². The molecule has 384 valence electrons. The Labute approximate surface area is 391 Å². The molecule has 4 aliphatic rings. The minimum atomic E-state index is -1.99. The standard InChI is InChI=1S/C44H58O25/c1-14(2)4-9-18-20(62-44-40(33(58)28(53)23(13-47)65-44)69-42-35(60)31(56)27(52)22(12-46)64-42)10-19(49)24-29(54)38(36(66-37(18)24)16-5-7-17(48)8-6-16)67-43-39(32(57)25(50)15(3)61-43)68-41-34(59)30(55)26(51)21(11-45)63-41/h4-8,10,15,21-23,25-28,30-35,39-53,55-60H,9,11-13H2,1-3H3/t15-,21+,22+,23+,25-,26+,27+,28+,30-,31-,32+,33-,34+,35+,39+,40+,41-,42-,43-,44+/m0/s1. The molecule has 3 aromatic rings. The molecule has 15 N–H and O–H groups in total. The number of fused-ring (bicyclic) bond motifs is 1. The number of hydrogen-bond acceptors (Lipinski definition) is 25. The molecule has 4 fully saturated rings. The lowest BCUT2D eigenvalue weighted by atomic mass is 9.97. The van der Waals surface area contributed by atoms with Gasteiger partial charge in [-0.15, -0.1) is 0 Å². The van der Waals surface area contributed by atoms with Gasteiger partial charge in [-0.1, -0.05) is 11.6 Å². The van der Waals surface area contributed by atoms with Crippen molar-refractivity contribution in [1.29, 1.82) is 0 Å². The zero-order valence-electron chi connectivity index (χ0n) is 37.1. The molecule has 7 rings (SSSR count). The van der Waals surface area contributed by atoms with E-state index in [0.717, 1.165) is 11.6 Å². The second-order valence-corrected chi connectivity index (χ2v) is 17.4. The molecule has 69 heavy (non-hydrogen) atoms. The van der Waals surface area contributed by atoms with Crippen LogP contribution in [0.3, 0.4) is 0 Å². The van der Waals surface area contributed by atoms with Gasteiger partial charge in [-0.3, -0.25) is 4.79 Å². The van der Waals surface area contributed by atoms with Crippen LogP contribution in [-0.2, 0) is 34.8 Å². The average Bonchev–Trinajstić information content (AvgIpc) is 3.32. The first kappa shape index (κ1) is 52.6. The van der Waals surface area contributed by atoms with E-state index in [1.165, 1.54) is 31.2 Å². The van der Waals surface area contributed by atoms with E-state index in [9.17, 15) is 81.4 Å². The van der Waals surface area contributed by atoms with E-state index in [1.54, 1.807) is 19.9 Å². The Kier molecular flexibility index (Phi) is 16.5. The van der Waals surface area contributed by atoms with Crippen molar-refractivity contribution in [1.82, 2.24) is 0 Å². The average molecular weight is 987 g/mol. The van der Waals surface area contributed by atoms with Crippen molar-refractivity contribution in [2.24, 2.45) is 0 Å². The minimum Gasteiger partial charge on any atom is -0.508 e. The van der Waals surface area contributed by atoms with Gasteiger partial charge in [0.25, 0.3) is 0 Å². The Morgan fingerprint density at radius 3 is 1.59 bits per heavy atom. The largest absolute Gasteiger partial charge is 0.508 e. The highest BCUT2D eigenvalue weighted by molar-refractivity contribution is 5.91. The predicted molar refractivity (Wildman–Crippen MR) is 227 cm³/mol. The van der Waals surface area contributed by atoms with Crippen LogP contribution in [0, 0.1) is 0 Å². The first-order valence-electron chi connectivity index (χ1n) is 21.9. The third kappa shape index (κ3) is 10.4. The SMILES string of the molecule is CC(C)=CCc1c(O[C@@H]2O[C@H](CO)[C@@H](O)[C@H](O)[C@H]2O[C@@H]2O[C@H](CO)[C@@H](O)[C@H](O)[C@H]2O)cc(O)c2c(=O)c(O[C@@H]3O[C@@H](C)[C@H](O)[C@@H](O)[C@H]3O[C@@H]3O[C@H](CO)[C@@H](O)[C@H](O)[C@H]3O)c(-c3ccc(O)cc3)oc12. The molecule has 2 aromatic carbocycles. The predicted octanol–water partition coefficient (Wildman–Crippen LogP) is -4.59. The van der Waals surface area contributed by atoms with Gasteiger partial charge in [0.05, 0.1) is 25.9 Å². The molecule has 4 aliphatic heterocycles. The highest BCUT2D eigenvalue weighted by atomic mass is 16.8. The van der Waals surface area contributed by atoms with Gasteiger partial charge in [0.2, 0.25) is 23.8 Å². The van der Waals surface area contributed by atoms with Gasteiger partial charge >= 0.3 is 0 Å². The molecule has 4 saturated heterocycles. The lowest BCUT2D eigenvalue weighted by Crippen LogP contribution is -2.65. The van der Waals surface area contributed by atoms with Crippen LogP contribution in [0.5, 0.6) is 23.0 Å². The number of allylic oxidation sites excluding steroid dienone is 2. The van der Waals surface area contributed by atoms with Crippen molar-refractivity contribution >= 4 is 11.0 Å². The summed E-state index contributed by atoms with van der Waals surface area (Å²) in [5.74, 6) is -2.46. The smallest absolute Gasteiger partial charge is 0.239 e. The summed E-state index contributed by atoms with van der Waals surface area (Å²) in [6.45, 7) is 2.27. The Morgan fingerprint density at radius 2 is 1.09 bits per heavy atom. The molecule has 1 aromatic heterocycles. The first-order chi connectivity index (χ1) is 32.7. The normalized spacial score (nSPS) is 38.4. The topological polar surface area (TPSA) is 408 Å². The molecule has 25 nitrogen and oxygen atoms in total. The summed E-state index contributed by atoms with van der Waals surface area (Å²) >= 11 is 0. The van der Waals surface area contributed by atoms with Crippen LogP contribution >= 0.6 is 0 Å². The Bertz CT molecular complexity index is 2300.